The molecule has 0 radical (unpaired) electrons. The lowest BCUT2D eigenvalue weighted by atomic mass is 10.0. The van der Waals surface area contributed by atoms with Crippen LogP contribution in [0.3, 0.4) is 0 Å². The standard InChI is InChI=1S/C22H25BrN4O2S/c1-12(2)26-27-21-24-17-11-13(3)18(14(4)19(17)30-21)25-20(28)22(5,6)29-16-9-7-15(23)8-10-16/h7-11H,1-6H3,(H,24,27)(H,25,28). The quantitative estimate of drug-likeness (QED) is 0.316. The van der Waals surface area contributed by atoms with E-state index in [2.05, 4.69) is 36.8 Å². The summed E-state index contributed by atoms with van der Waals surface area (Å²) < 4.78 is 7.91. The van der Waals surface area contributed by atoms with Crippen LogP contribution in [0.5, 0.6) is 5.75 Å². The van der Waals surface area contributed by atoms with Crippen LogP contribution < -0.4 is 15.5 Å². The first kappa shape index (κ1) is 22.2. The summed E-state index contributed by atoms with van der Waals surface area (Å²) in [6, 6.07) is 9.39. The molecule has 0 aliphatic carbocycles. The Morgan fingerprint density at radius 1 is 1.20 bits per heavy atom. The SMILES string of the molecule is CC(C)=NNc1nc2cc(C)c(NC(=O)C(C)(C)Oc3ccc(Br)cc3)c(C)c2s1. The van der Waals surface area contributed by atoms with E-state index in [-0.39, 0.29) is 5.91 Å². The Morgan fingerprint density at radius 3 is 2.50 bits per heavy atom. The minimum Gasteiger partial charge on any atom is -0.478 e. The average molecular weight is 489 g/mol. The summed E-state index contributed by atoms with van der Waals surface area (Å²) in [5, 5.41) is 7.99. The van der Waals surface area contributed by atoms with Crippen LogP contribution in [-0.4, -0.2) is 22.2 Å². The van der Waals surface area contributed by atoms with Gasteiger partial charge in [-0.25, -0.2) is 4.98 Å². The molecular formula is C22H25BrN4O2S. The van der Waals surface area contributed by atoms with Gasteiger partial charge in [-0.1, -0.05) is 27.3 Å². The van der Waals surface area contributed by atoms with Gasteiger partial charge in [0.15, 0.2) is 5.60 Å². The zero-order valence-electron chi connectivity index (χ0n) is 17.9. The molecule has 0 saturated heterocycles. The lowest BCUT2D eigenvalue weighted by molar-refractivity contribution is -0.128. The Labute approximate surface area is 188 Å². The number of anilines is 2. The number of halogens is 1. The van der Waals surface area contributed by atoms with Crippen LogP contribution in [0.25, 0.3) is 10.2 Å². The van der Waals surface area contributed by atoms with E-state index in [0.29, 0.717) is 5.75 Å². The molecule has 8 heteroatoms. The Bertz CT molecular complexity index is 1120. The third-order valence-electron chi connectivity index (χ3n) is 4.46. The Kier molecular flexibility index (Phi) is 6.47. The zero-order chi connectivity index (χ0) is 22.1. The van der Waals surface area contributed by atoms with E-state index in [1.165, 1.54) is 11.3 Å². The van der Waals surface area contributed by atoms with Crippen molar-refractivity contribution in [2.45, 2.75) is 47.1 Å². The number of nitrogens with one attached hydrogen (secondary N) is 2. The number of hydrogen-bond donors (Lipinski definition) is 2. The predicted molar refractivity (Wildman–Crippen MR) is 129 cm³/mol. The van der Waals surface area contributed by atoms with Gasteiger partial charge in [-0.3, -0.25) is 10.2 Å². The number of benzene rings is 2. The summed E-state index contributed by atoms with van der Waals surface area (Å²) in [4.78, 5) is 17.6. The number of hydrazone groups is 1. The fourth-order valence-corrected chi connectivity index (χ4v) is 4.05. The van der Waals surface area contributed by atoms with Gasteiger partial charge in [-0.2, -0.15) is 5.10 Å². The van der Waals surface area contributed by atoms with Crippen LogP contribution in [0.2, 0.25) is 0 Å². The van der Waals surface area contributed by atoms with Crippen molar-refractivity contribution in [1.29, 1.82) is 0 Å². The number of aryl methyl sites for hydroxylation is 2. The van der Waals surface area contributed by atoms with Crippen molar-refractivity contribution in [2.24, 2.45) is 5.10 Å². The van der Waals surface area contributed by atoms with E-state index in [9.17, 15) is 4.79 Å². The van der Waals surface area contributed by atoms with Crippen LogP contribution >= 0.6 is 27.3 Å². The van der Waals surface area contributed by atoms with Crippen LogP contribution in [-0.2, 0) is 4.79 Å². The molecule has 1 aromatic heterocycles. The Morgan fingerprint density at radius 2 is 1.87 bits per heavy atom. The molecule has 0 bridgehead atoms. The number of nitrogens with zero attached hydrogens (tertiary/aromatic N) is 2. The average Bonchev–Trinajstić information content (AvgIpc) is 3.08. The van der Waals surface area contributed by atoms with Gasteiger partial charge in [0, 0.05) is 15.9 Å². The first-order valence-electron chi connectivity index (χ1n) is 9.50. The molecule has 3 aromatic rings. The van der Waals surface area contributed by atoms with Gasteiger partial charge in [0.05, 0.1) is 10.2 Å². The zero-order valence-corrected chi connectivity index (χ0v) is 20.3. The number of aromatic nitrogens is 1. The molecule has 0 fully saturated rings. The fourth-order valence-electron chi connectivity index (χ4n) is 2.89. The normalized spacial score (nSPS) is 11.3. The molecule has 2 aromatic carbocycles. The molecule has 158 valence electrons. The number of carbonyl (C=O) groups excluding carboxylic acids is 1. The van der Waals surface area contributed by atoms with E-state index in [1.807, 2.05) is 58.0 Å². The molecule has 1 heterocycles. The Hall–Kier alpha value is -2.45. The molecule has 1 amide bonds. The fraction of sp³-hybridized carbons (Fsp3) is 0.318. The van der Waals surface area contributed by atoms with Crippen LogP contribution in [0.4, 0.5) is 10.8 Å². The molecule has 0 atom stereocenters. The highest BCUT2D eigenvalue weighted by molar-refractivity contribution is 9.10. The highest BCUT2D eigenvalue weighted by atomic mass is 79.9. The molecule has 3 rings (SSSR count). The molecule has 0 aliphatic rings. The topological polar surface area (TPSA) is 75.6 Å². The number of rotatable bonds is 6. The van der Waals surface area contributed by atoms with Gasteiger partial charge < -0.3 is 10.1 Å². The van der Waals surface area contributed by atoms with Crippen molar-refractivity contribution in [3.05, 3.63) is 45.9 Å². The van der Waals surface area contributed by atoms with Crippen LogP contribution in [0, 0.1) is 13.8 Å². The highest BCUT2D eigenvalue weighted by Gasteiger charge is 2.31. The third-order valence-corrected chi connectivity index (χ3v) is 6.09. The second-order valence-corrected chi connectivity index (χ2v) is 9.67. The highest BCUT2D eigenvalue weighted by Crippen LogP contribution is 2.35. The first-order chi connectivity index (χ1) is 14.1. The van der Waals surface area contributed by atoms with Crippen molar-refractivity contribution >= 4 is 59.9 Å². The van der Waals surface area contributed by atoms with Crippen molar-refractivity contribution < 1.29 is 9.53 Å². The molecule has 0 saturated carbocycles. The molecule has 0 unspecified atom stereocenters. The summed E-state index contributed by atoms with van der Waals surface area (Å²) in [5.41, 5.74) is 6.43. The molecule has 0 aliphatic heterocycles. The maximum Gasteiger partial charge on any atom is 0.267 e. The number of ether oxygens (including phenoxy) is 1. The van der Waals surface area contributed by atoms with Gasteiger partial charge >= 0.3 is 0 Å². The minimum absolute atomic E-state index is 0.218. The van der Waals surface area contributed by atoms with Crippen LogP contribution in [0.1, 0.15) is 38.8 Å². The predicted octanol–water partition coefficient (Wildman–Crippen LogP) is 6.28. The third kappa shape index (κ3) is 4.99. The van der Waals surface area contributed by atoms with Crippen molar-refractivity contribution in [3.8, 4) is 5.75 Å². The Balaban J connectivity index is 1.85. The lowest BCUT2D eigenvalue weighted by Crippen LogP contribution is -2.42. The van der Waals surface area contributed by atoms with Gasteiger partial charge in [0.25, 0.3) is 5.91 Å². The second kappa shape index (κ2) is 8.73. The molecule has 0 spiro atoms. The van der Waals surface area contributed by atoms with E-state index in [4.69, 9.17) is 4.74 Å². The summed E-state index contributed by atoms with van der Waals surface area (Å²) in [6.45, 7) is 11.3. The molecule has 30 heavy (non-hydrogen) atoms. The van der Waals surface area contributed by atoms with Gasteiger partial charge in [-0.15, -0.1) is 0 Å². The van der Waals surface area contributed by atoms with Crippen molar-refractivity contribution in [3.63, 3.8) is 0 Å². The van der Waals surface area contributed by atoms with E-state index in [0.717, 1.165) is 42.3 Å². The summed E-state index contributed by atoms with van der Waals surface area (Å²) in [7, 11) is 0. The summed E-state index contributed by atoms with van der Waals surface area (Å²) >= 11 is 4.91. The number of carbonyl (C=O) groups is 1. The van der Waals surface area contributed by atoms with Crippen molar-refractivity contribution in [2.75, 3.05) is 10.7 Å². The molecule has 2 N–H and O–H groups in total. The monoisotopic (exact) mass is 488 g/mol. The number of fused-ring (bicyclic) bond motifs is 1. The van der Waals surface area contributed by atoms with Crippen molar-refractivity contribution in [1.82, 2.24) is 4.98 Å². The lowest BCUT2D eigenvalue weighted by Gasteiger charge is -2.26. The molecule has 6 nitrogen and oxygen atoms in total. The smallest absolute Gasteiger partial charge is 0.267 e. The first-order valence-corrected chi connectivity index (χ1v) is 11.1. The largest absolute Gasteiger partial charge is 0.478 e. The van der Waals surface area contributed by atoms with E-state index in [1.54, 1.807) is 13.8 Å². The maximum absolute atomic E-state index is 13.0. The minimum atomic E-state index is -1.05. The van der Waals surface area contributed by atoms with E-state index >= 15 is 0 Å². The summed E-state index contributed by atoms with van der Waals surface area (Å²) in [6.07, 6.45) is 0. The number of thiazole rings is 1. The van der Waals surface area contributed by atoms with Gasteiger partial charge in [-0.05, 0) is 83.0 Å². The maximum atomic E-state index is 13.0. The molecular weight excluding hydrogens is 464 g/mol. The summed E-state index contributed by atoms with van der Waals surface area (Å²) in [5.74, 6) is 0.414. The van der Waals surface area contributed by atoms with Gasteiger partial charge in [0.1, 0.15) is 5.75 Å². The second-order valence-electron chi connectivity index (χ2n) is 7.75. The van der Waals surface area contributed by atoms with Gasteiger partial charge in [0.2, 0.25) is 5.13 Å². The number of hydrogen-bond acceptors (Lipinski definition) is 6. The number of amides is 1. The van der Waals surface area contributed by atoms with E-state index < -0.39 is 5.60 Å². The van der Waals surface area contributed by atoms with Crippen LogP contribution in [0.15, 0.2) is 39.9 Å².